The Balaban J connectivity index is 2.61. The summed E-state index contributed by atoms with van der Waals surface area (Å²) in [6.07, 6.45) is 3.08. The molecule has 0 saturated heterocycles. The molecule has 0 radical (unpaired) electrons. The summed E-state index contributed by atoms with van der Waals surface area (Å²) in [4.78, 5) is 24.3. The van der Waals surface area contributed by atoms with Crippen molar-refractivity contribution >= 4 is 11.8 Å². The van der Waals surface area contributed by atoms with Crippen molar-refractivity contribution in [3.05, 3.63) is 35.6 Å². The Morgan fingerprint density at radius 1 is 1.14 bits per heavy atom. The second-order valence-electron chi connectivity index (χ2n) is 5.70. The predicted molar refractivity (Wildman–Crippen MR) is 85.0 cm³/mol. The first-order valence-corrected chi connectivity index (χ1v) is 7.79. The Morgan fingerprint density at radius 3 is 2.32 bits per heavy atom. The fraction of sp³-hybridized carbons (Fsp3) is 0.529. The number of amides is 2. The van der Waals surface area contributed by atoms with Crippen LogP contribution in [-0.4, -0.2) is 24.4 Å². The first-order valence-electron chi connectivity index (χ1n) is 7.79. The van der Waals surface area contributed by atoms with Crippen LogP contribution in [-0.2, 0) is 4.79 Å². The number of hydrogen-bond acceptors (Lipinski definition) is 2. The van der Waals surface area contributed by atoms with Crippen molar-refractivity contribution in [2.75, 3.05) is 6.54 Å². The van der Waals surface area contributed by atoms with E-state index in [1.165, 1.54) is 24.3 Å². The highest BCUT2D eigenvalue weighted by Gasteiger charge is 2.24. The van der Waals surface area contributed by atoms with Gasteiger partial charge in [-0.2, -0.15) is 0 Å². The van der Waals surface area contributed by atoms with Gasteiger partial charge in [-0.25, -0.2) is 4.39 Å². The maximum atomic E-state index is 12.9. The number of unbranched alkanes of at least 4 members (excludes halogenated alkanes) is 2. The summed E-state index contributed by atoms with van der Waals surface area (Å²) in [7, 11) is 0. The van der Waals surface area contributed by atoms with Crippen LogP contribution in [0.4, 0.5) is 4.39 Å². The van der Waals surface area contributed by atoms with Gasteiger partial charge in [0.25, 0.3) is 5.91 Å². The van der Waals surface area contributed by atoms with E-state index in [1.54, 1.807) is 0 Å². The van der Waals surface area contributed by atoms with Gasteiger partial charge in [-0.15, -0.1) is 0 Å². The van der Waals surface area contributed by atoms with Crippen molar-refractivity contribution < 1.29 is 14.0 Å². The van der Waals surface area contributed by atoms with Crippen LogP contribution < -0.4 is 10.6 Å². The number of carbonyl (C=O) groups excluding carboxylic acids is 2. The smallest absolute Gasteiger partial charge is 0.251 e. The summed E-state index contributed by atoms with van der Waals surface area (Å²) in [6.45, 7) is 6.46. The van der Waals surface area contributed by atoms with E-state index in [0.717, 1.165) is 19.3 Å². The molecule has 0 spiro atoms. The molecule has 2 amide bonds. The monoisotopic (exact) mass is 308 g/mol. The lowest BCUT2D eigenvalue weighted by Gasteiger charge is -2.21. The van der Waals surface area contributed by atoms with Crippen LogP contribution >= 0.6 is 0 Å². The molecule has 122 valence electrons. The van der Waals surface area contributed by atoms with Crippen molar-refractivity contribution in [1.82, 2.24) is 10.6 Å². The molecule has 1 aromatic carbocycles. The fourth-order valence-electron chi connectivity index (χ4n) is 2.06. The van der Waals surface area contributed by atoms with Crippen LogP contribution in [0.5, 0.6) is 0 Å². The predicted octanol–water partition coefficient (Wildman–Crippen LogP) is 2.89. The van der Waals surface area contributed by atoms with Gasteiger partial charge in [0.05, 0.1) is 0 Å². The van der Waals surface area contributed by atoms with E-state index in [4.69, 9.17) is 0 Å². The molecular weight excluding hydrogens is 283 g/mol. The van der Waals surface area contributed by atoms with Crippen molar-refractivity contribution in [2.24, 2.45) is 5.92 Å². The summed E-state index contributed by atoms with van der Waals surface area (Å²) >= 11 is 0. The molecule has 0 aromatic heterocycles. The molecule has 1 rings (SSSR count). The third kappa shape index (κ3) is 5.84. The summed E-state index contributed by atoms with van der Waals surface area (Å²) in [5.74, 6) is -0.981. The third-order valence-electron chi connectivity index (χ3n) is 3.42. The zero-order valence-corrected chi connectivity index (χ0v) is 13.5. The van der Waals surface area contributed by atoms with Crippen LogP contribution in [0.25, 0.3) is 0 Å². The molecule has 5 heteroatoms. The van der Waals surface area contributed by atoms with Crippen LogP contribution in [0.3, 0.4) is 0 Å². The summed E-state index contributed by atoms with van der Waals surface area (Å²) < 4.78 is 12.9. The highest BCUT2D eigenvalue weighted by Crippen LogP contribution is 2.07. The number of rotatable bonds is 8. The van der Waals surface area contributed by atoms with Gasteiger partial charge >= 0.3 is 0 Å². The average molecular weight is 308 g/mol. The maximum Gasteiger partial charge on any atom is 0.251 e. The molecule has 2 N–H and O–H groups in total. The molecule has 1 aromatic rings. The number of carbonyl (C=O) groups is 2. The van der Waals surface area contributed by atoms with Crippen molar-refractivity contribution in [1.29, 1.82) is 0 Å². The Bertz CT molecular complexity index is 486. The van der Waals surface area contributed by atoms with Crippen LogP contribution in [0.2, 0.25) is 0 Å². The molecule has 0 saturated carbocycles. The zero-order chi connectivity index (χ0) is 16.5. The maximum absolute atomic E-state index is 12.9. The highest BCUT2D eigenvalue weighted by atomic mass is 19.1. The van der Waals surface area contributed by atoms with E-state index in [-0.39, 0.29) is 17.7 Å². The minimum atomic E-state index is -0.598. The quantitative estimate of drug-likeness (QED) is 0.726. The minimum Gasteiger partial charge on any atom is -0.354 e. The minimum absolute atomic E-state index is 0.0319. The standard InChI is InChI=1S/C17H25FN2O2/c1-4-5-6-11-19-17(22)15(12(2)3)20-16(21)13-7-9-14(18)10-8-13/h7-10,12,15H,4-6,11H2,1-3H3,(H,19,22)(H,20,21)/t15-/m0/s1. The Kier molecular flexibility index (Phi) is 7.57. The average Bonchev–Trinajstić information content (AvgIpc) is 2.49. The topological polar surface area (TPSA) is 58.2 Å². The van der Waals surface area contributed by atoms with Crippen molar-refractivity contribution in [3.63, 3.8) is 0 Å². The zero-order valence-electron chi connectivity index (χ0n) is 13.5. The molecule has 0 fully saturated rings. The molecule has 0 aliphatic carbocycles. The lowest BCUT2D eigenvalue weighted by Crippen LogP contribution is -2.49. The van der Waals surface area contributed by atoms with E-state index >= 15 is 0 Å². The lowest BCUT2D eigenvalue weighted by atomic mass is 10.0. The Hall–Kier alpha value is -1.91. The van der Waals surface area contributed by atoms with E-state index in [1.807, 2.05) is 13.8 Å². The number of hydrogen-bond donors (Lipinski definition) is 2. The SMILES string of the molecule is CCCCCNC(=O)[C@@H](NC(=O)c1ccc(F)cc1)C(C)C. The van der Waals surface area contributed by atoms with Gasteiger partial charge in [-0.05, 0) is 36.6 Å². The van der Waals surface area contributed by atoms with E-state index < -0.39 is 11.9 Å². The molecule has 22 heavy (non-hydrogen) atoms. The van der Waals surface area contributed by atoms with Gasteiger partial charge in [-0.3, -0.25) is 9.59 Å². The molecule has 0 aliphatic rings. The van der Waals surface area contributed by atoms with E-state index in [0.29, 0.717) is 12.1 Å². The molecule has 0 heterocycles. The normalized spacial score (nSPS) is 12.0. The largest absolute Gasteiger partial charge is 0.354 e. The van der Waals surface area contributed by atoms with Gasteiger partial charge in [0.1, 0.15) is 11.9 Å². The van der Waals surface area contributed by atoms with Gasteiger partial charge in [0, 0.05) is 12.1 Å². The lowest BCUT2D eigenvalue weighted by molar-refractivity contribution is -0.123. The second kappa shape index (κ2) is 9.18. The molecule has 0 unspecified atom stereocenters. The Labute approximate surface area is 131 Å². The Morgan fingerprint density at radius 2 is 1.77 bits per heavy atom. The van der Waals surface area contributed by atoms with Crippen LogP contribution in [0.1, 0.15) is 50.4 Å². The van der Waals surface area contributed by atoms with E-state index in [9.17, 15) is 14.0 Å². The second-order valence-corrected chi connectivity index (χ2v) is 5.70. The highest BCUT2D eigenvalue weighted by molar-refractivity contribution is 5.97. The summed E-state index contributed by atoms with van der Waals surface area (Å²) in [5.41, 5.74) is 0.339. The number of halogens is 1. The van der Waals surface area contributed by atoms with Gasteiger partial charge < -0.3 is 10.6 Å². The third-order valence-corrected chi connectivity index (χ3v) is 3.42. The van der Waals surface area contributed by atoms with Crippen molar-refractivity contribution in [2.45, 2.75) is 46.1 Å². The first kappa shape index (κ1) is 18.1. The molecule has 1 atom stereocenters. The summed E-state index contributed by atoms with van der Waals surface area (Å²) in [5, 5.41) is 5.57. The summed E-state index contributed by atoms with van der Waals surface area (Å²) in [6, 6.07) is 4.66. The number of nitrogens with one attached hydrogen (secondary N) is 2. The van der Waals surface area contributed by atoms with Crippen LogP contribution in [0.15, 0.2) is 24.3 Å². The molecular formula is C17H25FN2O2. The molecule has 4 nitrogen and oxygen atoms in total. The van der Waals surface area contributed by atoms with Gasteiger partial charge in [-0.1, -0.05) is 33.6 Å². The molecule has 0 bridgehead atoms. The van der Waals surface area contributed by atoms with Gasteiger partial charge in [0.15, 0.2) is 0 Å². The van der Waals surface area contributed by atoms with E-state index in [2.05, 4.69) is 17.6 Å². The molecule has 0 aliphatic heterocycles. The fourth-order valence-corrected chi connectivity index (χ4v) is 2.06. The number of benzene rings is 1. The van der Waals surface area contributed by atoms with Gasteiger partial charge in [0.2, 0.25) is 5.91 Å². The first-order chi connectivity index (χ1) is 10.5. The van der Waals surface area contributed by atoms with Crippen LogP contribution in [0, 0.1) is 11.7 Å². The van der Waals surface area contributed by atoms with Crippen molar-refractivity contribution in [3.8, 4) is 0 Å².